The number of nitriles is 2. The Kier molecular flexibility index (Phi) is 9.53. The second-order valence-corrected chi connectivity index (χ2v) is 7.74. The highest BCUT2D eigenvalue weighted by Gasteiger charge is 2.20. The number of carbonyl (C=O) groups is 1. The molecule has 0 fully saturated rings. The number of para-hydroxylation sites is 1. The molecule has 0 spiro atoms. The molecule has 1 amide bonds. The number of hydrogen-bond donors (Lipinski definition) is 1. The van der Waals surface area contributed by atoms with Crippen molar-refractivity contribution in [1.29, 1.82) is 10.5 Å². The summed E-state index contributed by atoms with van der Waals surface area (Å²) >= 11 is 0. The van der Waals surface area contributed by atoms with E-state index in [1.54, 1.807) is 18.2 Å². The van der Waals surface area contributed by atoms with Crippen LogP contribution in [0.4, 0.5) is 0 Å². The lowest BCUT2D eigenvalue weighted by Crippen LogP contribution is -2.34. The molecule has 0 radical (unpaired) electrons. The number of ether oxygens (including phenoxy) is 2. The number of carbonyl (C=O) groups excluding carboxylic acids is 1. The fraction of sp³-hybridized carbons (Fsp3) is 0.250. The molecule has 0 aliphatic carbocycles. The van der Waals surface area contributed by atoms with Gasteiger partial charge in [0.05, 0.1) is 17.7 Å². The van der Waals surface area contributed by atoms with Gasteiger partial charge in [-0.05, 0) is 42.5 Å². The first kappa shape index (κ1) is 24.4. The Bertz CT molecular complexity index is 1140. The molecule has 0 unspecified atom stereocenters. The van der Waals surface area contributed by atoms with Crippen LogP contribution in [0.3, 0.4) is 0 Å². The second-order valence-electron chi connectivity index (χ2n) is 7.74. The van der Waals surface area contributed by atoms with Crippen molar-refractivity contribution < 1.29 is 14.3 Å². The molecule has 0 heterocycles. The molecule has 3 aromatic carbocycles. The summed E-state index contributed by atoms with van der Waals surface area (Å²) in [7, 11) is 0. The van der Waals surface area contributed by atoms with Crippen molar-refractivity contribution in [2.24, 2.45) is 0 Å². The molecule has 34 heavy (non-hydrogen) atoms. The standard InChI is InChI=1S/C28H27N3O3/c29-18-9-3-8-15-24(19-30)31-28(32)25-16-10-17-26(33-20-22-11-4-1-5-12-22)27(25)34-21-23-13-6-2-7-14-23/h1-2,4-7,10-14,16-17,24H,3,8-9,15,20-21H2,(H,31,32)/t24-/m1/s1. The van der Waals surface area contributed by atoms with E-state index in [4.69, 9.17) is 14.7 Å². The lowest BCUT2D eigenvalue weighted by Gasteiger charge is -2.18. The fourth-order valence-electron chi connectivity index (χ4n) is 3.38. The predicted octanol–water partition coefficient (Wildman–Crippen LogP) is 5.55. The molecular weight excluding hydrogens is 426 g/mol. The third-order valence-electron chi connectivity index (χ3n) is 5.18. The predicted molar refractivity (Wildman–Crippen MR) is 129 cm³/mol. The van der Waals surface area contributed by atoms with Crippen LogP contribution < -0.4 is 14.8 Å². The quantitative estimate of drug-likeness (QED) is 0.363. The zero-order valence-corrected chi connectivity index (χ0v) is 18.9. The van der Waals surface area contributed by atoms with Gasteiger partial charge in [0.25, 0.3) is 5.91 Å². The molecule has 3 aromatic rings. The Hall–Kier alpha value is -4.29. The first-order chi connectivity index (χ1) is 16.7. The maximum absolute atomic E-state index is 13.1. The molecule has 1 atom stereocenters. The molecule has 6 heteroatoms. The molecule has 0 saturated heterocycles. The van der Waals surface area contributed by atoms with Gasteiger partial charge in [-0.1, -0.05) is 66.7 Å². The van der Waals surface area contributed by atoms with Crippen LogP contribution in [-0.2, 0) is 13.2 Å². The van der Waals surface area contributed by atoms with Gasteiger partial charge in [-0.2, -0.15) is 10.5 Å². The highest BCUT2D eigenvalue weighted by Crippen LogP contribution is 2.33. The summed E-state index contributed by atoms with van der Waals surface area (Å²) in [5.74, 6) is 0.385. The van der Waals surface area contributed by atoms with E-state index in [0.29, 0.717) is 49.4 Å². The number of nitrogens with one attached hydrogen (secondary N) is 1. The Morgan fingerprint density at radius 1 is 0.824 bits per heavy atom. The van der Waals surface area contributed by atoms with E-state index < -0.39 is 11.9 Å². The van der Waals surface area contributed by atoms with Crippen molar-refractivity contribution in [3.8, 4) is 23.6 Å². The number of unbranched alkanes of at least 4 members (excludes halogenated alkanes) is 2. The van der Waals surface area contributed by atoms with Crippen LogP contribution in [0.15, 0.2) is 78.9 Å². The Morgan fingerprint density at radius 3 is 2.09 bits per heavy atom. The minimum absolute atomic E-state index is 0.267. The molecular formula is C28H27N3O3. The second kappa shape index (κ2) is 13.3. The first-order valence-corrected chi connectivity index (χ1v) is 11.2. The third-order valence-corrected chi connectivity index (χ3v) is 5.18. The zero-order valence-electron chi connectivity index (χ0n) is 18.9. The van der Waals surface area contributed by atoms with E-state index >= 15 is 0 Å². The highest BCUT2D eigenvalue weighted by atomic mass is 16.5. The highest BCUT2D eigenvalue weighted by molar-refractivity contribution is 5.98. The van der Waals surface area contributed by atoms with Crippen molar-refractivity contribution in [1.82, 2.24) is 5.32 Å². The summed E-state index contributed by atoms with van der Waals surface area (Å²) in [6.07, 6.45) is 2.29. The fourth-order valence-corrected chi connectivity index (χ4v) is 3.38. The molecule has 0 aromatic heterocycles. The van der Waals surface area contributed by atoms with Crippen LogP contribution in [0.25, 0.3) is 0 Å². The Morgan fingerprint density at radius 2 is 1.47 bits per heavy atom. The van der Waals surface area contributed by atoms with Gasteiger partial charge in [0.2, 0.25) is 0 Å². The summed E-state index contributed by atoms with van der Waals surface area (Å²) in [5.41, 5.74) is 2.26. The number of benzene rings is 3. The van der Waals surface area contributed by atoms with Crippen molar-refractivity contribution in [2.45, 2.75) is 44.9 Å². The lowest BCUT2D eigenvalue weighted by molar-refractivity contribution is 0.0937. The van der Waals surface area contributed by atoms with Crippen molar-refractivity contribution in [3.05, 3.63) is 95.6 Å². The summed E-state index contributed by atoms with van der Waals surface area (Å²) in [6, 6.07) is 28.1. The monoisotopic (exact) mass is 453 g/mol. The van der Waals surface area contributed by atoms with E-state index in [9.17, 15) is 10.1 Å². The largest absolute Gasteiger partial charge is 0.485 e. The molecule has 0 aliphatic rings. The van der Waals surface area contributed by atoms with Gasteiger partial charge in [0, 0.05) is 6.42 Å². The first-order valence-electron chi connectivity index (χ1n) is 11.2. The SMILES string of the molecule is N#CCCCC[C@H](C#N)NC(=O)c1cccc(OCc2ccccc2)c1OCc1ccccc1. The minimum Gasteiger partial charge on any atom is -0.485 e. The van der Waals surface area contributed by atoms with Crippen molar-refractivity contribution in [2.75, 3.05) is 0 Å². The van der Waals surface area contributed by atoms with Crippen molar-refractivity contribution >= 4 is 5.91 Å². The van der Waals surface area contributed by atoms with Gasteiger partial charge in [0.15, 0.2) is 11.5 Å². The van der Waals surface area contributed by atoms with Gasteiger partial charge >= 0.3 is 0 Å². The average Bonchev–Trinajstić information content (AvgIpc) is 2.89. The number of amides is 1. The van der Waals surface area contributed by atoms with E-state index in [0.717, 1.165) is 11.1 Å². The molecule has 3 rings (SSSR count). The summed E-state index contributed by atoms with van der Waals surface area (Å²) in [5, 5.41) is 20.9. The van der Waals surface area contributed by atoms with E-state index in [-0.39, 0.29) is 6.61 Å². The van der Waals surface area contributed by atoms with E-state index in [1.807, 2.05) is 60.7 Å². The summed E-state index contributed by atoms with van der Waals surface area (Å²) in [4.78, 5) is 13.1. The summed E-state index contributed by atoms with van der Waals surface area (Å²) in [6.45, 7) is 0.593. The molecule has 0 saturated carbocycles. The Balaban J connectivity index is 1.79. The normalized spacial score (nSPS) is 11.0. The summed E-state index contributed by atoms with van der Waals surface area (Å²) < 4.78 is 12.1. The maximum Gasteiger partial charge on any atom is 0.256 e. The van der Waals surface area contributed by atoms with Crippen LogP contribution in [0.2, 0.25) is 0 Å². The topological polar surface area (TPSA) is 95.1 Å². The van der Waals surface area contributed by atoms with Crippen LogP contribution in [0.1, 0.15) is 47.2 Å². The van der Waals surface area contributed by atoms with Crippen LogP contribution in [0, 0.1) is 22.7 Å². The van der Waals surface area contributed by atoms with E-state index in [2.05, 4.69) is 17.5 Å². The van der Waals surface area contributed by atoms with Gasteiger partial charge < -0.3 is 14.8 Å². The van der Waals surface area contributed by atoms with Gasteiger partial charge in [-0.15, -0.1) is 0 Å². The van der Waals surface area contributed by atoms with Crippen LogP contribution in [-0.4, -0.2) is 11.9 Å². The molecule has 0 aliphatic heterocycles. The van der Waals surface area contributed by atoms with Gasteiger partial charge in [0.1, 0.15) is 19.3 Å². The minimum atomic E-state index is -0.651. The van der Waals surface area contributed by atoms with Crippen molar-refractivity contribution in [3.63, 3.8) is 0 Å². The zero-order chi connectivity index (χ0) is 24.0. The average molecular weight is 454 g/mol. The van der Waals surface area contributed by atoms with Crippen LogP contribution in [0.5, 0.6) is 11.5 Å². The molecule has 6 nitrogen and oxygen atoms in total. The molecule has 1 N–H and O–H groups in total. The molecule has 172 valence electrons. The van der Waals surface area contributed by atoms with Gasteiger partial charge in [-0.25, -0.2) is 0 Å². The molecule has 0 bridgehead atoms. The number of rotatable bonds is 12. The number of nitrogens with zero attached hydrogens (tertiary/aromatic N) is 2. The smallest absolute Gasteiger partial charge is 0.256 e. The van der Waals surface area contributed by atoms with Crippen LogP contribution >= 0.6 is 0 Å². The third kappa shape index (κ3) is 7.39. The van der Waals surface area contributed by atoms with Gasteiger partial charge in [-0.3, -0.25) is 4.79 Å². The number of hydrogen-bond acceptors (Lipinski definition) is 5. The maximum atomic E-state index is 13.1. The lowest BCUT2D eigenvalue weighted by atomic mass is 10.1. The Labute approximate surface area is 200 Å². The van der Waals surface area contributed by atoms with E-state index in [1.165, 1.54) is 0 Å².